The SMILES string of the molecule is Cn1c(CCC(N)=O)nn(C[NH+]2CCC(C(=O)Nc3ccccc3)CC2)c1=S. The number of nitrogens with one attached hydrogen (secondary N) is 2. The number of piperidine rings is 1. The molecular weight excluding hydrogens is 376 g/mol. The molecule has 9 heteroatoms. The second kappa shape index (κ2) is 9.11. The molecule has 2 aromatic rings. The molecule has 0 atom stereocenters. The van der Waals surface area contributed by atoms with Crippen LogP contribution >= 0.6 is 12.2 Å². The number of likely N-dealkylation sites (tertiary alicyclic amines) is 1. The molecule has 1 aliphatic rings. The predicted molar refractivity (Wildman–Crippen MR) is 108 cm³/mol. The number of anilines is 1. The van der Waals surface area contributed by atoms with E-state index in [2.05, 4.69) is 10.4 Å². The van der Waals surface area contributed by atoms with E-state index >= 15 is 0 Å². The summed E-state index contributed by atoms with van der Waals surface area (Å²) in [5.41, 5.74) is 6.06. The Bertz CT molecular complexity index is 884. The highest BCUT2D eigenvalue weighted by Gasteiger charge is 2.28. The molecule has 28 heavy (non-hydrogen) atoms. The summed E-state index contributed by atoms with van der Waals surface area (Å²) in [6, 6.07) is 9.56. The number of hydrogen-bond donors (Lipinski definition) is 3. The van der Waals surface area contributed by atoms with Crippen LogP contribution in [0.15, 0.2) is 30.3 Å². The first-order valence-electron chi connectivity index (χ1n) is 9.54. The minimum atomic E-state index is -0.345. The number of carbonyl (C=O) groups is 2. The number of primary amides is 1. The second-order valence-electron chi connectivity index (χ2n) is 7.26. The summed E-state index contributed by atoms with van der Waals surface area (Å²) in [4.78, 5) is 24.8. The van der Waals surface area contributed by atoms with Crippen LogP contribution in [0.25, 0.3) is 0 Å². The molecule has 8 nitrogen and oxygen atoms in total. The van der Waals surface area contributed by atoms with E-state index in [4.69, 9.17) is 18.0 Å². The standard InChI is InChI=1S/C19H26N6O2S/c1-23-17(8-7-16(20)26)22-25(19(23)28)13-24-11-9-14(10-12-24)18(27)21-15-5-3-2-4-6-15/h2-6,14H,7-13H2,1H3,(H2,20,26)(H,21,27)/p+1. The summed E-state index contributed by atoms with van der Waals surface area (Å²) in [5, 5.41) is 7.55. The molecule has 0 bridgehead atoms. The Hall–Kier alpha value is -2.52. The number of nitrogens with zero attached hydrogens (tertiary/aromatic N) is 3. The Labute approximate surface area is 169 Å². The number of para-hydroxylation sites is 1. The second-order valence-corrected chi connectivity index (χ2v) is 7.63. The number of amides is 2. The van der Waals surface area contributed by atoms with Crippen molar-refractivity contribution in [2.45, 2.75) is 32.4 Å². The van der Waals surface area contributed by atoms with Gasteiger partial charge in [-0.1, -0.05) is 18.2 Å². The van der Waals surface area contributed by atoms with Crippen LogP contribution in [0.2, 0.25) is 0 Å². The van der Waals surface area contributed by atoms with E-state index in [9.17, 15) is 9.59 Å². The molecular formula is C19H27N6O2S+. The van der Waals surface area contributed by atoms with Crippen LogP contribution in [-0.2, 0) is 29.7 Å². The van der Waals surface area contributed by atoms with Gasteiger partial charge >= 0.3 is 0 Å². The number of hydrogen-bond acceptors (Lipinski definition) is 4. The van der Waals surface area contributed by atoms with Crippen LogP contribution in [0.5, 0.6) is 0 Å². The number of nitrogens with two attached hydrogens (primary N) is 1. The van der Waals surface area contributed by atoms with Crippen molar-refractivity contribution in [2.24, 2.45) is 18.7 Å². The van der Waals surface area contributed by atoms with E-state index < -0.39 is 0 Å². The third-order valence-electron chi connectivity index (χ3n) is 5.20. The average Bonchev–Trinajstić information content (AvgIpc) is 2.95. The van der Waals surface area contributed by atoms with Crippen molar-refractivity contribution in [1.29, 1.82) is 0 Å². The van der Waals surface area contributed by atoms with Crippen molar-refractivity contribution >= 4 is 29.7 Å². The molecule has 3 rings (SSSR count). The van der Waals surface area contributed by atoms with Crippen molar-refractivity contribution < 1.29 is 14.5 Å². The van der Waals surface area contributed by atoms with Gasteiger partial charge in [-0.2, -0.15) is 9.78 Å². The van der Waals surface area contributed by atoms with Gasteiger partial charge in [-0.05, 0) is 24.4 Å². The Morgan fingerprint density at radius 2 is 1.96 bits per heavy atom. The van der Waals surface area contributed by atoms with E-state index in [0.29, 0.717) is 17.9 Å². The van der Waals surface area contributed by atoms with Gasteiger partial charge in [0.1, 0.15) is 5.82 Å². The number of benzene rings is 1. The molecule has 0 radical (unpaired) electrons. The van der Waals surface area contributed by atoms with Crippen LogP contribution in [0.1, 0.15) is 25.1 Å². The van der Waals surface area contributed by atoms with Gasteiger partial charge < -0.3 is 20.5 Å². The van der Waals surface area contributed by atoms with Gasteiger partial charge in [0.15, 0.2) is 6.67 Å². The normalized spacial score (nSPS) is 19.3. The zero-order chi connectivity index (χ0) is 20.1. The van der Waals surface area contributed by atoms with Gasteiger partial charge in [-0.15, -0.1) is 0 Å². The van der Waals surface area contributed by atoms with Gasteiger partial charge in [0.25, 0.3) is 0 Å². The molecule has 150 valence electrons. The maximum absolute atomic E-state index is 12.5. The Balaban J connectivity index is 1.53. The van der Waals surface area contributed by atoms with Crippen molar-refractivity contribution in [3.63, 3.8) is 0 Å². The molecule has 0 saturated carbocycles. The lowest BCUT2D eigenvalue weighted by molar-refractivity contribution is -0.928. The molecule has 1 aromatic heterocycles. The number of rotatable bonds is 7. The maximum atomic E-state index is 12.5. The molecule has 0 unspecified atom stereocenters. The van der Waals surface area contributed by atoms with Crippen molar-refractivity contribution in [3.05, 3.63) is 40.9 Å². The zero-order valence-corrected chi connectivity index (χ0v) is 16.9. The fourth-order valence-corrected chi connectivity index (χ4v) is 3.72. The third-order valence-corrected chi connectivity index (χ3v) is 5.69. The fraction of sp³-hybridized carbons (Fsp3) is 0.474. The number of carbonyl (C=O) groups excluding carboxylic acids is 2. The lowest BCUT2D eigenvalue weighted by Crippen LogP contribution is -3.12. The lowest BCUT2D eigenvalue weighted by atomic mass is 9.96. The van der Waals surface area contributed by atoms with Crippen LogP contribution < -0.4 is 16.0 Å². The first kappa shape index (κ1) is 20.2. The summed E-state index contributed by atoms with van der Waals surface area (Å²) in [6.07, 6.45) is 2.42. The highest BCUT2D eigenvalue weighted by Crippen LogP contribution is 2.14. The number of aromatic nitrogens is 3. The Morgan fingerprint density at radius 3 is 2.61 bits per heavy atom. The lowest BCUT2D eigenvalue weighted by Gasteiger charge is -2.28. The van der Waals surface area contributed by atoms with Crippen molar-refractivity contribution in [2.75, 3.05) is 18.4 Å². The fourth-order valence-electron chi connectivity index (χ4n) is 3.51. The minimum absolute atomic E-state index is 0.0341. The first-order valence-corrected chi connectivity index (χ1v) is 9.95. The zero-order valence-electron chi connectivity index (χ0n) is 16.1. The Morgan fingerprint density at radius 1 is 1.29 bits per heavy atom. The Kier molecular flexibility index (Phi) is 6.58. The van der Waals surface area contributed by atoms with Crippen LogP contribution in [-0.4, -0.2) is 39.3 Å². The molecule has 0 spiro atoms. The summed E-state index contributed by atoms with van der Waals surface area (Å²) < 4.78 is 4.28. The largest absolute Gasteiger partial charge is 0.370 e. The van der Waals surface area contributed by atoms with E-state index in [1.807, 2.05) is 46.6 Å². The molecule has 0 aliphatic carbocycles. The monoisotopic (exact) mass is 403 g/mol. The molecule has 1 saturated heterocycles. The van der Waals surface area contributed by atoms with E-state index in [0.717, 1.165) is 37.4 Å². The quantitative estimate of drug-likeness (QED) is 0.578. The van der Waals surface area contributed by atoms with E-state index in [1.165, 1.54) is 4.90 Å². The first-order chi connectivity index (χ1) is 13.4. The smallest absolute Gasteiger partial charge is 0.227 e. The van der Waals surface area contributed by atoms with Gasteiger partial charge in [0.05, 0.1) is 13.1 Å². The number of aryl methyl sites for hydroxylation is 1. The van der Waals surface area contributed by atoms with Gasteiger partial charge in [-0.25, -0.2) is 0 Å². The third kappa shape index (κ3) is 5.05. The summed E-state index contributed by atoms with van der Waals surface area (Å²) >= 11 is 5.47. The summed E-state index contributed by atoms with van der Waals surface area (Å²) in [7, 11) is 1.86. The van der Waals surface area contributed by atoms with Gasteiger partial charge in [0.2, 0.25) is 16.6 Å². The van der Waals surface area contributed by atoms with Crippen LogP contribution in [0, 0.1) is 10.7 Å². The van der Waals surface area contributed by atoms with E-state index in [1.54, 1.807) is 0 Å². The topological polar surface area (TPSA) is 99.4 Å². The van der Waals surface area contributed by atoms with Crippen LogP contribution in [0.4, 0.5) is 5.69 Å². The molecule has 2 amide bonds. The van der Waals surface area contributed by atoms with Crippen molar-refractivity contribution in [3.8, 4) is 0 Å². The van der Waals surface area contributed by atoms with Gasteiger partial charge in [0, 0.05) is 44.3 Å². The van der Waals surface area contributed by atoms with Crippen LogP contribution in [0.3, 0.4) is 0 Å². The van der Waals surface area contributed by atoms with E-state index in [-0.39, 0.29) is 24.2 Å². The summed E-state index contributed by atoms with van der Waals surface area (Å²) in [5.74, 6) is 0.544. The molecule has 1 aliphatic heterocycles. The number of quaternary nitrogens is 1. The summed E-state index contributed by atoms with van der Waals surface area (Å²) in [6.45, 7) is 2.44. The molecule has 2 heterocycles. The highest BCUT2D eigenvalue weighted by atomic mass is 32.1. The highest BCUT2D eigenvalue weighted by molar-refractivity contribution is 7.71. The molecule has 4 N–H and O–H groups in total. The maximum Gasteiger partial charge on any atom is 0.227 e. The van der Waals surface area contributed by atoms with Crippen molar-refractivity contribution in [1.82, 2.24) is 14.3 Å². The predicted octanol–water partition coefficient (Wildman–Crippen LogP) is 0.260. The van der Waals surface area contributed by atoms with Gasteiger partial charge in [-0.3, -0.25) is 9.59 Å². The molecule has 1 aromatic carbocycles. The average molecular weight is 404 g/mol. The minimum Gasteiger partial charge on any atom is -0.370 e. The molecule has 1 fully saturated rings.